The molecule has 0 bridgehead atoms. The molecule has 0 radical (unpaired) electrons. The maximum absolute atomic E-state index is 12.1. The Morgan fingerprint density at radius 3 is 2.76 bits per heavy atom. The van der Waals surface area contributed by atoms with E-state index in [0.29, 0.717) is 6.54 Å². The molecule has 2 fully saturated rings. The number of aryl methyl sites for hydroxylation is 1. The minimum atomic E-state index is 0.204. The Balaban J connectivity index is 1.33. The minimum Gasteiger partial charge on any atom is -0.355 e. The van der Waals surface area contributed by atoms with Gasteiger partial charge >= 0.3 is 0 Å². The van der Waals surface area contributed by atoms with Crippen molar-refractivity contribution in [3.05, 3.63) is 18.0 Å². The van der Waals surface area contributed by atoms with E-state index in [-0.39, 0.29) is 11.8 Å². The summed E-state index contributed by atoms with van der Waals surface area (Å²) in [5.74, 6) is 0.425. The van der Waals surface area contributed by atoms with Crippen molar-refractivity contribution in [1.82, 2.24) is 20.0 Å². The van der Waals surface area contributed by atoms with Crippen LogP contribution < -0.4 is 5.32 Å². The number of amides is 1. The highest BCUT2D eigenvalue weighted by atomic mass is 16.2. The average molecular weight is 290 g/mol. The first-order valence-electron chi connectivity index (χ1n) is 8.22. The number of likely N-dealkylation sites (tertiary alicyclic amines) is 1. The molecule has 21 heavy (non-hydrogen) atoms. The van der Waals surface area contributed by atoms with Crippen molar-refractivity contribution < 1.29 is 4.79 Å². The second-order valence-corrected chi connectivity index (χ2v) is 6.46. The van der Waals surface area contributed by atoms with Crippen molar-refractivity contribution in [3.8, 4) is 0 Å². The topological polar surface area (TPSA) is 50.2 Å². The van der Waals surface area contributed by atoms with Crippen LogP contribution in [-0.2, 0) is 18.3 Å². The van der Waals surface area contributed by atoms with Gasteiger partial charge in [-0.2, -0.15) is 5.10 Å². The zero-order valence-corrected chi connectivity index (χ0v) is 12.9. The highest BCUT2D eigenvalue weighted by Crippen LogP contribution is 2.28. The fourth-order valence-electron chi connectivity index (χ4n) is 3.48. The molecule has 2 aliphatic rings. The van der Waals surface area contributed by atoms with E-state index in [0.717, 1.165) is 31.2 Å². The van der Waals surface area contributed by atoms with Crippen LogP contribution in [0.3, 0.4) is 0 Å². The molecule has 1 amide bonds. The van der Waals surface area contributed by atoms with Crippen LogP contribution in [0, 0.1) is 5.92 Å². The van der Waals surface area contributed by atoms with E-state index in [9.17, 15) is 4.79 Å². The number of aromatic nitrogens is 2. The van der Waals surface area contributed by atoms with Crippen LogP contribution in [-0.4, -0.2) is 46.3 Å². The highest BCUT2D eigenvalue weighted by molar-refractivity contribution is 5.80. The third-order valence-electron chi connectivity index (χ3n) is 4.82. The molecular weight excluding hydrogens is 264 g/mol. The molecule has 5 heteroatoms. The summed E-state index contributed by atoms with van der Waals surface area (Å²) in [7, 11) is 1.91. The number of carbonyl (C=O) groups is 1. The Labute approximate surface area is 126 Å². The van der Waals surface area contributed by atoms with Gasteiger partial charge in [-0.3, -0.25) is 14.4 Å². The molecular formula is C16H26N4O. The van der Waals surface area contributed by atoms with Crippen LogP contribution in [0.15, 0.2) is 12.3 Å². The molecule has 1 aromatic heterocycles. The number of carbonyl (C=O) groups excluding carboxylic acids is 1. The van der Waals surface area contributed by atoms with E-state index >= 15 is 0 Å². The Morgan fingerprint density at radius 1 is 1.33 bits per heavy atom. The van der Waals surface area contributed by atoms with Gasteiger partial charge in [0.05, 0.1) is 11.6 Å². The molecule has 1 saturated carbocycles. The smallest absolute Gasteiger partial charge is 0.225 e. The SMILES string of the molecule is Cn1ccc(CCNC(=O)C2CN(C3CCCCC3)C2)n1. The van der Waals surface area contributed by atoms with Crippen molar-refractivity contribution in [2.75, 3.05) is 19.6 Å². The Kier molecular flexibility index (Phi) is 4.58. The minimum absolute atomic E-state index is 0.204. The van der Waals surface area contributed by atoms with Gasteiger partial charge in [0.1, 0.15) is 0 Å². The van der Waals surface area contributed by atoms with Gasteiger partial charge in [-0.25, -0.2) is 0 Å². The van der Waals surface area contributed by atoms with E-state index in [1.807, 2.05) is 19.3 Å². The predicted octanol–water partition coefficient (Wildman–Crippen LogP) is 1.34. The third-order valence-corrected chi connectivity index (χ3v) is 4.82. The quantitative estimate of drug-likeness (QED) is 0.890. The van der Waals surface area contributed by atoms with Crippen LogP contribution in [0.2, 0.25) is 0 Å². The first kappa shape index (κ1) is 14.6. The van der Waals surface area contributed by atoms with Crippen molar-refractivity contribution >= 4 is 5.91 Å². The standard InChI is InChI=1S/C16H26N4O/c1-19-10-8-14(18-19)7-9-17-16(21)13-11-20(12-13)15-5-3-2-4-6-15/h8,10,13,15H,2-7,9,11-12H2,1H3,(H,17,21). The third kappa shape index (κ3) is 3.64. The molecule has 1 aliphatic carbocycles. The summed E-state index contributed by atoms with van der Waals surface area (Å²) in [6.45, 7) is 2.61. The lowest BCUT2D eigenvalue weighted by Gasteiger charge is -2.45. The summed E-state index contributed by atoms with van der Waals surface area (Å²) in [5, 5.41) is 7.37. The van der Waals surface area contributed by atoms with Crippen molar-refractivity contribution in [3.63, 3.8) is 0 Å². The van der Waals surface area contributed by atoms with Gasteiger partial charge < -0.3 is 5.32 Å². The zero-order chi connectivity index (χ0) is 14.7. The molecule has 3 rings (SSSR count). The van der Waals surface area contributed by atoms with Gasteiger partial charge in [0.2, 0.25) is 5.91 Å². The van der Waals surface area contributed by atoms with Gasteiger partial charge in [-0.15, -0.1) is 0 Å². The number of nitrogens with zero attached hydrogens (tertiary/aromatic N) is 3. The summed E-state index contributed by atoms with van der Waals surface area (Å²) in [5.41, 5.74) is 1.04. The van der Waals surface area contributed by atoms with Crippen LogP contribution in [0.25, 0.3) is 0 Å². The largest absolute Gasteiger partial charge is 0.355 e. The Morgan fingerprint density at radius 2 is 2.10 bits per heavy atom. The van der Waals surface area contributed by atoms with E-state index in [2.05, 4.69) is 15.3 Å². The average Bonchev–Trinajstić information content (AvgIpc) is 2.84. The van der Waals surface area contributed by atoms with Crippen LogP contribution in [0.4, 0.5) is 0 Å². The van der Waals surface area contributed by atoms with Crippen molar-refractivity contribution in [2.45, 2.75) is 44.6 Å². The van der Waals surface area contributed by atoms with Gasteiger partial charge in [-0.1, -0.05) is 19.3 Å². The van der Waals surface area contributed by atoms with Crippen molar-refractivity contribution in [1.29, 1.82) is 0 Å². The molecule has 116 valence electrons. The zero-order valence-electron chi connectivity index (χ0n) is 12.9. The van der Waals surface area contributed by atoms with Gasteiger partial charge in [0, 0.05) is 45.3 Å². The van der Waals surface area contributed by atoms with Gasteiger partial charge in [0.25, 0.3) is 0 Å². The lowest BCUT2D eigenvalue weighted by atomic mass is 9.88. The predicted molar refractivity (Wildman–Crippen MR) is 81.9 cm³/mol. The molecule has 1 aliphatic heterocycles. The molecule has 2 heterocycles. The Bertz CT molecular complexity index is 472. The monoisotopic (exact) mass is 290 g/mol. The second kappa shape index (κ2) is 6.60. The first-order valence-corrected chi connectivity index (χ1v) is 8.22. The molecule has 1 saturated heterocycles. The van der Waals surface area contributed by atoms with Crippen LogP contribution >= 0.6 is 0 Å². The van der Waals surface area contributed by atoms with E-state index < -0.39 is 0 Å². The lowest BCUT2D eigenvalue weighted by molar-refractivity contribution is -0.131. The maximum atomic E-state index is 12.1. The molecule has 0 spiro atoms. The normalized spacial score (nSPS) is 21.2. The Hall–Kier alpha value is -1.36. The fraction of sp³-hybridized carbons (Fsp3) is 0.750. The molecule has 0 aromatic carbocycles. The number of hydrogen-bond donors (Lipinski definition) is 1. The maximum Gasteiger partial charge on any atom is 0.225 e. The molecule has 1 aromatic rings. The molecule has 0 unspecified atom stereocenters. The summed E-state index contributed by atoms with van der Waals surface area (Å²) < 4.78 is 1.80. The summed E-state index contributed by atoms with van der Waals surface area (Å²) in [6.07, 6.45) is 9.52. The highest BCUT2D eigenvalue weighted by Gasteiger charge is 2.36. The summed E-state index contributed by atoms with van der Waals surface area (Å²) in [4.78, 5) is 14.6. The lowest BCUT2D eigenvalue weighted by Crippen LogP contribution is -2.57. The van der Waals surface area contributed by atoms with Crippen LogP contribution in [0.5, 0.6) is 0 Å². The number of rotatable bonds is 5. The summed E-state index contributed by atoms with van der Waals surface area (Å²) >= 11 is 0. The molecule has 5 nitrogen and oxygen atoms in total. The van der Waals surface area contributed by atoms with Crippen LogP contribution in [0.1, 0.15) is 37.8 Å². The van der Waals surface area contributed by atoms with Gasteiger partial charge in [0.15, 0.2) is 0 Å². The molecule has 1 N–H and O–H groups in total. The number of hydrogen-bond acceptors (Lipinski definition) is 3. The molecule has 0 atom stereocenters. The van der Waals surface area contributed by atoms with Gasteiger partial charge in [-0.05, 0) is 18.9 Å². The first-order chi connectivity index (χ1) is 10.2. The van der Waals surface area contributed by atoms with E-state index in [4.69, 9.17) is 0 Å². The van der Waals surface area contributed by atoms with E-state index in [1.54, 1.807) is 4.68 Å². The number of nitrogens with one attached hydrogen (secondary N) is 1. The van der Waals surface area contributed by atoms with Crippen molar-refractivity contribution in [2.24, 2.45) is 13.0 Å². The fourth-order valence-corrected chi connectivity index (χ4v) is 3.48. The second-order valence-electron chi connectivity index (χ2n) is 6.46. The summed E-state index contributed by atoms with van der Waals surface area (Å²) in [6, 6.07) is 2.75. The van der Waals surface area contributed by atoms with E-state index in [1.165, 1.54) is 32.1 Å².